The van der Waals surface area contributed by atoms with Crippen LogP contribution < -0.4 is 15.8 Å². The number of carbonyl (C=O) groups excluding carboxylic acids is 1. The third kappa shape index (κ3) is 3.23. The lowest BCUT2D eigenvalue weighted by Crippen LogP contribution is -2.13. The van der Waals surface area contributed by atoms with Crippen molar-refractivity contribution in [2.75, 3.05) is 18.2 Å². The topological polar surface area (TPSA) is 80.1 Å². The summed E-state index contributed by atoms with van der Waals surface area (Å²) in [6.45, 7) is 0. The maximum Gasteiger partial charge on any atom is 0.417 e. The lowest BCUT2D eigenvalue weighted by atomic mass is 10.1. The number of fused-ring (bicyclic) bond motifs is 1. The number of amides is 1. The number of para-hydroxylation sites is 2. The number of benzene rings is 2. The van der Waals surface area contributed by atoms with Gasteiger partial charge in [0.25, 0.3) is 5.91 Å². The quantitative estimate of drug-likeness (QED) is 0.625. The highest BCUT2D eigenvalue weighted by Gasteiger charge is 2.34. The summed E-state index contributed by atoms with van der Waals surface area (Å²) < 4.78 is 44.7. The monoisotopic (exact) mass is 349 g/mol. The van der Waals surface area contributed by atoms with Crippen LogP contribution in [-0.2, 0) is 6.18 Å². The zero-order chi connectivity index (χ0) is 18.2. The van der Waals surface area contributed by atoms with Gasteiger partial charge in [-0.05, 0) is 24.3 Å². The molecule has 0 fully saturated rings. The number of nitrogens with two attached hydrogens (primary N) is 1. The number of anilines is 2. The number of H-pyrrole nitrogens is 1. The molecule has 0 saturated heterocycles. The number of nitrogens with one attached hydrogen (secondary N) is 2. The molecule has 3 rings (SSSR count). The molecule has 0 bridgehead atoms. The Morgan fingerprint density at radius 1 is 1.20 bits per heavy atom. The maximum atomic E-state index is 13.3. The summed E-state index contributed by atoms with van der Waals surface area (Å²) in [6, 6.07) is 10.0. The van der Waals surface area contributed by atoms with Crippen LogP contribution in [0.1, 0.15) is 16.1 Å². The molecular weight excluding hydrogens is 335 g/mol. The van der Waals surface area contributed by atoms with Crippen molar-refractivity contribution in [3.63, 3.8) is 0 Å². The van der Waals surface area contributed by atoms with Crippen LogP contribution in [0.5, 0.6) is 5.75 Å². The first kappa shape index (κ1) is 16.7. The molecule has 0 saturated carbocycles. The highest BCUT2D eigenvalue weighted by atomic mass is 19.4. The number of ether oxygens (including phenoxy) is 1. The van der Waals surface area contributed by atoms with Gasteiger partial charge >= 0.3 is 6.18 Å². The average molecular weight is 349 g/mol. The second-order valence-corrected chi connectivity index (χ2v) is 5.36. The van der Waals surface area contributed by atoms with E-state index in [0.717, 1.165) is 12.1 Å². The summed E-state index contributed by atoms with van der Waals surface area (Å²) >= 11 is 0. The SMILES string of the molecule is COc1cc(C(F)(F)F)c2cc(C(=O)Nc3ccccc3N)[nH]c2c1. The van der Waals surface area contributed by atoms with Crippen LogP contribution in [0, 0.1) is 0 Å². The van der Waals surface area contributed by atoms with Crippen molar-refractivity contribution in [2.45, 2.75) is 6.18 Å². The number of hydrogen-bond donors (Lipinski definition) is 3. The number of rotatable bonds is 3. The van der Waals surface area contributed by atoms with Gasteiger partial charge < -0.3 is 20.8 Å². The predicted molar refractivity (Wildman–Crippen MR) is 88.7 cm³/mol. The van der Waals surface area contributed by atoms with E-state index in [0.29, 0.717) is 11.4 Å². The highest BCUT2D eigenvalue weighted by Crippen LogP contribution is 2.38. The van der Waals surface area contributed by atoms with Crippen LogP contribution in [0.15, 0.2) is 42.5 Å². The van der Waals surface area contributed by atoms with Crippen LogP contribution in [-0.4, -0.2) is 18.0 Å². The molecule has 0 spiro atoms. The largest absolute Gasteiger partial charge is 0.497 e. The Morgan fingerprint density at radius 2 is 1.92 bits per heavy atom. The lowest BCUT2D eigenvalue weighted by Gasteiger charge is -2.10. The van der Waals surface area contributed by atoms with E-state index in [1.165, 1.54) is 13.2 Å². The van der Waals surface area contributed by atoms with E-state index in [1.54, 1.807) is 24.3 Å². The number of methoxy groups -OCH3 is 1. The number of hydrogen-bond acceptors (Lipinski definition) is 3. The average Bonchev–Trinajstić information content (AvgIpc) is 2.99. The molecule has 3 aromatic rings. The van der Waals surface area contributed by atoms with Gasteiger partial charge in [-0.2, -0.15) is 13.2 Å². The number of halogens is 3. The van der Waals surface area contributed by atoms with Crippen LogP contribution in [0.3, 0.4) is 0 Å². The van der Waals surface area contributed by atoms with E-state index in [4.69, 9.17) is 10.5 Å². The fourth-order valence-electron chi connectivity index (χ4n) is 2.49. The van der Waals surface area contributed by atoms with E-state index in [9.17, 15) is 18.0 Å². The smallest absolute Gasteiger partial charge is 0.417 e. The Morgan fingerprint density at radius 3 is 2.56 bits per heavy atom. The normalized spacial score (nSPS) is 11.5. The Bertz CT molecular complexity index is 948. The molecule has 4 N–H and O–H groups in total. The Hall–Kier alpha value is -3.16. The van der Waals surface area contributed by atoms with Crippen LogP contribution >= 0.6 is 0 Å². The van der Waals surface area contributed by atoms with Crippen molar-refractivity contribution in [1.82, 2.24) is 4.98 Å². The summed E-state index contributed by atoms with van der Waals surface area (Å²) in [7, 11) is 1.27. The van der Waals surface area contributed by atoms with Crippen molar-refractivity contribution in [3.8, 4) is 5.75 Å². The van der Waals surface area contributed by atoms with Gasteiger partial charge in [0.2, 0.25) is 0 Å². The molecule has 1 aromatic heterocycles. The van der Waals surface area contributed by atoms with Gasteiger partial charge in [0.1, 0.15) is 11.4 Å². The van der Waals surface area contributed by atoms with Crippen molar-refractivity contribution < 1.29 is 22.7 Å². The zero-order valence-corrected chi connectivity index (χ0v) is 13.1. The fraction of sp³-hybridized carbons (Fsp3) is 0.118. The lowest BCUT2D eigenvalue weighted by molar-refractivity contribution is -0.136. The number of alkyl halides is 3. The Labute approximate surface area is 140 Å². The molecule has 1 amide bonds. The van der Waals surface area contributed by atoms with E-state index < -0.39 is 17.6 Å². The first-order valence-corrected chi connectivity index (χ1v) is 7.23. The van der Waals surface area contributed by atoms with E-state index >= 15 is 0 Å². The summed E-state index contributed by atoms with van der Waals surface area (Å²) in [6.07, 6.45) is -4.58. The third-order valence-corrected chi connectivity index (χ3v) is 3.71. The maximum absolute atomic E-state index is 13.3. The zero-order valence-electron chi connectivity index (χ0n) is 13.1. The highest BCUT2D eigenvalue weighted by molar-refractivity contribution is 6.07. The van der Waals surface area contributed by atoms with E-state index in [2.05, 4.69) is 10.3 Å². The molecule has 0 aliphatic carbocycles. The van der Waals surface area contributed by atoms with Crippen molar-refractivity contribution in [2.24, 2.45) is 0 Å². The van der Waals surface area contributed by atoms with E-state index in [1.807, 2.05) is 0 Å². The van der Waals surface area contributed by atoms with Crippen molar-refractivity contribution in [3.05, 3.63) is 53.7 Å². The van der Waals surface area contributed by atoms with Crippen LogP contribution in [0.4, 0.5) is 24.5 Å². The van der Waals surface area contributed by atoms with Gasteiger partial charge in [0, 0.05) is 11.5 Å². The molecule has 5 nitrogen and oxygen atoms in total. The number of aromatic amines is 1. The van der Waals surface area contributed by atoms with Gasteiger partial charge in [0.15, 0.2) is 0 Å². The van der Waals surface area contributed by atoms with Gasteiger partial charge in [0.05, 0.1) is 29.6 Å². The molecule has 130 valence electrons. The second-order valence-electron chi connectivity index (χ2n) is 5.36. The summed E-state index contributed by atoms with van der Waals surface area (Å²) in [5.41, 5.74) is 5.73. The first-order chi connectivity index (χ1) is 11.8. The second kappa shape index (κ2) is 6.04. The summed E-state index contributed by atoms with van der Waals surface area (Å²) in [5.74, 6) is -0.554. The molecule has 0 aliphatic rings. The molecular formula is C17H14F3N3O2. The van der Waals surface area contributed by atoms with Crippen LogP contribution in [0.2, 0.25) is 0 Å². The van der Waals surface area contributed by atoms with Gasteiger partial charge in [-0.15, -0.1) is 0 Å². The summed E-state index contributed by atoms with van der Waals surface area (Å²) in [5, 5.41) is 2.45. The molecule has 2 aromatic carbocycles. The Kier molecular flexibility index (Phi) is 4.03. The standard InChI is InChI=1S/C17H14F3N3O2/c1-25-9-6-11(17(18,19)20)10-8-15(22-14(10)7-9)16(24)23-13-5-3-2-4-12(13)21/h2-8,22H,21H2,1H3,(H,23,24). The molecule has 0 radical (unpaired) electrons. The minimum absolute atomic E-state index is 0.0167. The molecule has 0 aliphatic heterocycles. The number of carbonyl (C=O) groups is 1. The van der Waals surface area contributed by atoms with Crippen molar-refractivity contribution in [1.29, 1.82) is 0 Å². The van der Waals surface area contributed by atoms with Gasteiger partial charge in [-0.3, -0.25) is 4.79 Å². The van der Waals surface area contributed by atoms with Gasteiger partial charge in [-0.25, -0.2) is 0 Å². The van der Waals surface area contributed by atoms with E-state index in [-0.39, 0.29) is 22.3 Å². The minimum Gasteiger partial charge on any atom is -0.497 e. The molecule has 1 heterocycles. The summed E-state index contributed by atoms with van der Waals surface area (Å²) in [4.78, 5) is 15.0. The van der Waals surface area contributed by atoms with Gasteiger partial charge in [-0.1, -0.05) is 12.1 Å². The number of aromatic nitrogens is 1. The number of nitrogen functional groups attached to an aromatic ring is 1. The van der Waals surface area contributed by atoms with Crippen molar-refractivity contribution >= 4 is 28.2 Å². The minimum atomic E-state index is -4.58. The molecule has 0 atom stereocenters. The Balaban J connectivity index is 2.03. The molecule has 8 heteroatoms. The fourth-order valence-corrected chi connectivity index (χ4v) is 2.49. The molecule has 25 heavy (non-hydrogen) atoms. The van der Waals surface area contributed by atoms with Crippen LogP contribution in [0.25, 0.3) is 10.9 Å². The first-order valence-electron chi connectivity index (χ1n) is 7.23. The third-order valence-electron chi connectivity index (χ3n) is 3.71. The predicted octanol–water partition coefficient (Wildman–Crippen LogP) is 4.03. The molecule has 0 unspecified atom stereocenters.